The second kappa shape index (κ2) is 7.08. The number of nitrogens with one attached hydrogen (secondary N) is 1. The lowest BCUT2D eigenvalue weighted by Crippen LogP contribution is -2.76. The number of carbonyl (C=O) groups is 1. The molecule has 2 atom stereocenters. The Morgan fingerprint density at radius 2 is 1.88 bits per heavy atom. The molecule has 1 fully saturated rings. The summed E-state index contributed by atoms with van der Waals surface area (Å²) < 4.78 is 5.72. The van der Waals surface area contributed by atoms with E-state index in [1.807, 2.05) is 20.8 Å². The van der Waals surface area contributed by atoms with Crippen LogP contribution in [0.5, 0.6) is 0 Å². The van der Waals surface area contributed by atoms with Gasteiger partial charge in [0.05, 0.1) is 6.10 Å². The van der Waals surface area contributed by atoms with Crippen LogP contribution in [0, 0.1) is 5.41 Å². The Morgan fingerprint density at radius 3 is 2.36 bits per heavy atom. The van der Waals surface area contributed by atoms with Crippen LogP contribution in [0.4, 0.5) is 0 Å². The summed E-state index contributed by atoms with van der Waals surface area (Å²) in [6.45, 7) is 13.7. The molecule has 140 valence electrons. The van der Waals surface area contributed by atoms with Gasteiger partial charge in [0.1, 0.15) is 5.54 Å². The molecule has 4 nitrogen and oxygen atoms in total. The second-order valence-corrected chi connectivity index (χ2v) is 8.46. The van der Waals surface area contributed by atoms with Crippen LogP contribution >= 0.6 is 0 Å². The Labute approximate surface area is 152 Å². The van der Waals surface area contributed by atoms with Crippen molar-refractivity contribution in [3.8, 4) is 0 Å². The van der Waals surface area contributed by atoms with Gasteiger partial charge in [-0.2, -0.15) is 0 Å². The van der Waals surface area contributed by atoms with Crippen LogP contribution in [0.1, 0.15) is 59.1 Å². The molecule has 2 unspecified atom stereocenters. The maximum atomic E-state index is 12.8. The fraction of sp³-hybridized carbons (Fsp3) is 0.667. The maximum absolute atomic E-state index is 12.8. The molecule has 3 N–H and O–H groups in total. The van der Waals surface area contributed by atoms with E-state index in [2.05, 4.69) is 50.4 Å². The van der Waals surface area contributed by atoms with Gasteiger partial charge in [-0.25, -0.2) is 0 Å². The Bertz CT molecular complexity index is 607. The van der Waals surface area contributed by atoms with Crippen LogP contribution in [0.15, 0.2) is 24.3 Å². The Balaban J connectivity index is 2.01. The van der Waals surface area contributed by atoms with Crippen LogP contribution in [0.3, 0.4) is 0 Å². The molecule has 0 bridgehead atoms. The zero-order chi connectivity index (χ0) is 18.9. The van der Waals surface area contributed by atoms with Gasteiger partial charge < -0.3 is 15.8 Å². The van der Waals surface area contributed by atoms with E-state index in [1.165, 1.54) is 11.1 Å². The molecule has 0 aliphatic heterocycles. The standard InChI is InChI=1S/C21H34N2O2/c1-7-15-9-11-16(12-10-15)19(3,4)14-23-18(24)21(22)13-17(25-8-2)20(21,5)6/h9-12,17H,7-8,13-14,22H2,1-6H3,(H,23,24). The molecule has 1 aromatic rings. The van der Waals surface area contributed by atoms with E-state index in [9.17, 15) is 4.79 Å². The molecule has 0 spiro atoms. The third-order valence-corrected chi connectivity index (χ3v) is 6.07. The van der Waals surface area contributed by atoms with Gasteiger partial charge >= 0.3 is 0 Å². The first-order valence-electron chi connectivity index (χ1n) is 9.36. The molecule has 0 radical (unpaired) electrons. The smallest absolute Gasteiger partial charge is 0.240 e. The van der Waals surface area contributed by atoms with E-state index >= 15 is 0 Å². The molecule has 1 aliphatic carbocycles. The lowest BCUT2D eigenvalue weighted by molar-refractivity contribution is -0.170. The number of rotatable bonds is 7. The summed E-state index contributed by atoms with van der Waals surface area (Å²) in [5.41, 5.74) is 7.62. The van der Waals surface area contributed by atoms with Crippen molar-refractivity contribution >= 4 is 5.91 Å². The van der Waals surface area contributed by atoms with Gasteiger partial charge in [-0.1, -0.05) is 58.9 Å². The van der Waals surface area contributed by atoms with Gasteiger partial charge in [0, 0.05) is 30.4 Å². The van der Waals surface area contributed by atoms with Crippen LogP contribution in [0.2, 0.25) is 0 Å². The zero-order valence-electron chi connectivity index (χ0n) is 16.6. The summed E-state index contributed by atoms with van der Waals surface area (Å²) >= 11 is 0. The topological polar surface area (TPSA) is 64.3 Å². The lowest BCUT2D eigenvalue weighted by atomic mass is 9.54. The number of hydrogen-bond acceptors (Lipinski definition) is 3. The average molecular weight is 347 g/mol. The summed E-state index contributed by atoms with van der Waals surface area (Å²) in [6, 6.07) is 8.62. The van der Waals surface area contributed by atoms with E-state index in [-0.39, 0.29) is 22.8 Å². The first-order chi connectivity index (χ1) is 11.6. The number of aryl methyl sites for hydroxylation is 1. The van der Waals surface area contributed by atoms with Gasteiger partial charge in [0.15, 0.2) is 0 Å². The SMILES string of the molecule is CCOC1CC(N)(C(=O)NCC(C)(C)c2ccc(CC)cc2)C1(C)C. The number of nitrogens with two attached hydrogens (primary N) is 1. The predicted molar refractivity (Wildman–Crippen MR) is 103 cm³/mol. The molecule has 4 heteroatoms. The zero-order valence-corrected chi connectivity index (χ0v) is 16.6. The monoisotopic (exact) mass is 346 g/mol. The number of hydrogen-bond donors (Lipinski definition) is 2. The van der Waals surface area contributed by atoms with Crippen molar-refractivity contribution in [2.24, 2.45) is 11.1 Å². The highest BCUT2D eigenvalue weighted by Gasteiger charge is 2.62. The van der Waals surface area contributed by atoms with E-state index in [4.69, 9.17) is 10.5 Å². The first kappa shape index (κ1) is 19.9. The molecule has 0 heterocycles. The molecule has 0 aromatic heterocycles. The average Bonchev–Trinajstić information content (AvgIpc) is 2.59. The number of amides is 1. The highest BCUT2D eigenvalue weighted by atomic mass is 16.5. The minimum atomic E-state index is -0.866. The molecule has 1 aliphatic rings. The Morgan fingerprint density at radius 1 is 1.28 bits per heavy atom. The molecule has 1 saturated carbocycles. The van der Waals surface area contributed by atoms with Gasteiger partial charge in [-0.3, -0.25) is 4.79 Å². The molecule has 25 heavy (non-hydrogen) atoms. The van der Waals surface area contributed by atoms with E-state index < -0.39 is 5.54 Å². The lowest BCUT2D eigenvalue weighted by Gasteiger charge is -2.57. The first-order valence-corrected chi connectivity index (χ1v) is 9.36. The van der Waals surface area contributed by atoms with Gasteiger partial charge in [-0.05, 0) is 24.5 Å². The highest BCUT2D eigenvalue weighted by molar-refractivity contribution is 5.88. The summed E-state index contributed by atoms with van der Waals surface area (Å²) in [6.07, 6.45) is 1.65. The summed E-state index contributed by atoms with van der Waals surface area (Å²) in [5, 5.41) is 3.09. The molecular formula is C21H34N2O2. The molecular weight excluding hydrogens is 312 g/mol. The third-order valence-electron chi connectivity index (χ3n) is 6.07. The van der Waals surface area contributed by atoms with Crippen molar-refractivity contribution in [2.45, 2.75) is 71.4 Å². The summed E-state index contributed by atoms with van der Waals surface area (Å²) in [4.78, 5) is 12.8. The minimum absolute atomic E-state index is 0.0443. The number of benzene rings is 1. The Hall–Kier alpha value is -1.39. The molecule has 0 saturated heterocycles. The van der Waals surface area contributed by atoms with Crippen molar-refractivity contribution in [1.82, 2.24) is 5.32 Å². The van der Waals surface area contributed by atoms with E-state index in [1.54, 1.807) is 0 Å². The molecule has 2 rings (SSSR count). The largest absolute Gasteiger partial charge is 0.378 e. The molecule has 1 aromatic carbocycles. The third kappa shape index (κ3) is 3.61. The van der Waals surface area contributed by atoms with Crippen molar-refractivity contribution in [3.63, 3.8) is 0 Å². The fourth-order valence-corrected chi connectivity index (χ4v) is 3.57. The van der Waals surface area contributed by atoms with Crippen LogP contribution in [-0.4, -0.2) is 30.7 Å². The minimum Gasteiger partial charge on any atom is -0.378 e. The van der Waals surface area contributed by atoms with Crippen molar-refractivity contribution in [2.75, 3.05) is 13.2 Å². The second-order valence-electron chi connectivity index (χ2n) is 8.46. The number of carbonyl (C=O) groups excluding carboxylic acids is 1. The molecule has 1 amide bonds. The van der Waals surface area contributed by atoms with Gasteiger partial charge in [0.2, 0.25) is 5.91 Å². The quantitative estimate of drug-likeness (QED) is 0.797. The van der Waals surface area contributed by atoms with Crippen LogP contribution in [-0.2, 0) is 21.4 Å². The fourth-order valence-electron chi connectivity index (χ4n) is 3.57. The Kier molecular flexibility index (Phi) is 5.65. The van der Waals surface area contributed by atoms with Gasteiger partial charge in [-0.15, -0.1) is 0 Å². The van der Waals surface area contributed by atoms with Crippen molar-refractivity contribution < 1.29 is 9.53 Å². The van der Waals surface area contributed by atoms with Crippen molar-refractivity contribution in [3.05, 3.63) is 35.4 Å². The van der Waals surface area contributed by atoms with Gasteiger partial charge in [0.25, 0.3) is 0 Å². The van der Waals surface area contributed by atoms with Crippen molar-refractivity contribution in [1.29, 1.82) is 0 Å². The summed E-state index contributed by atoms with van der Waals surface area (Å²) in [7, 11) is 0. The van der Waals surface area contributed by atoms with E-state index in [0.717, 1.165) is 6.42 Å². The summed E-state index contributed by atoms with van der Waals surface area (Å²) in [5.74, 6) is -0.0771. The van der Waals surface area contributed by atoms with E-state index in [0.29, 0.717) is 19.6 Å². The number of ether oxygens (including phenoxy) is 1. The van der Waals surface area contributed by atoms with Crippen LogP contribution < -0.4 is 11.1 Å². The normalized spacial score (nSPS) is 25.3. The highest BCUT2D eigenvalue weighted by Crippen LogP contribution is 2.49. The predicted octanol–water partition coefficient (Wildman–Crippen LogP) is 3.18. The maximum Gasteiger partial charge on any atom is 0.240 e. The van der Waals surface area contributed by atoms with Crippen LogP contribution in [0.25, 0.3) is 0 Å².